The summed E-state index contributed by atoms with van der Waals surface area (Å²) < 4.78 is 5.51. The highest BCUT2D eigenvalue weighted by molar-refractivity contribution is 5.85. The van der Waals surface area contributed by atoms with Crippen molar-refractivity contribution in [2.24, 2.45) is 0 Å². The lowest BCUT2D eigenvalue weighted by molar-refractivity contribution is -0.134. The molecular weight excluding hydrogens is 361 g/mol. The van der Waals surface area contributed by atoms with Crippen LogP contribution < -0.4 is 10.6 Å². The van der Waals surface area contributed by atoms with Crippen LogP contribution in [0.15, 0.2) is 24.3 Å². The van der Waals surface area contributed by atoms with E-state index >= 15 is 0 Å². The van der Waals surface area contributed by atoms with E-state index in [1.165, 1.54) is 11.1 Å². The van der Waals surface area contributed by atoms with Crippen LogP contribution in [-0.4, -0.2) is 55.7 Å². The Labute approximate surface area is 162 Å². The third-order valence-corrected chi connectivity index (χ3v) is 4.88. The fraction of sp³-hybridized carbons (Fsp3) is 0.611. The van der Waals surface area contributed by atoms with Gasteiger partial charge in [0.1, 0.15) is 6.10 Å². The number of hydrogen-bond donors (Lipinski definition) is 2. The topological polar surface area (TPSA) is 53.6 Å². The first kappa shape index (κ1) is 22.2. The number of nitrogens with zero attached hydrogens (tertiary/aromatic N) is 1. The van der Waals surface area contributed by atoms with Crippen molar-refractivity contribution in [3.05, 3.63) is 35.4 Å². The zero-order chi connectivity index (χ0) is 16.1. The molecule has 0 aliphatic carbocycles. The minimum absolute atomic E-state index is 0. The van der Waals surface area contributed by atoms with Crippen LogP contribution in [0.1, 0.15) is 24.5 Å². The Kier molecular flexibility index (Phi) is 9.75. The number of fused-ring (bicyclic) bond motifs is 1. The van der Waals surface area contributed by atoms with Gasteiger partial charge in [-0.25, -0.2) is 0 Å². The van der Waals surface area contributed by atoms with E-state index in [1.807, 2.05) is 0 Å². The molecule has 2 N–H and O–H groups in total. The van der Waals surface area contributed by atoms with Crippen molar-refractivity contribution in [3.63, 3.8) is 0 Å². The van der Waals surface area contributed by atoms with Crippen LogP contribution in [0.4, 0.5) is 0 Å². The summed E-state index contributed by atoms with van der Waals surface area (Å²) in [7, 11) is 0. The first-order valence-corrected chi connectivity index (χ1v) is 8.68. The predicted molar refractivity (Wildman–Crippen MR) is 105 cm³/mol. The van der Waals surface area contributed by atoms with Gasteiger partial charge < -0.3 is 15.4 Å². The molecule has 3 rings (SSSR count). The average Bonchev–Trinajstić information content (AvgIpc) is 2.62. The van der Waals surface area contributed by atoms with Gasteiger partial charge in [0.05, 0.1) is 6.61 Å². The van der Waals surface area contributed by atoms with E-state index in [-0.39, 0.29) is 36.8 Å². The fourth-order valence-electron chi connectivity index (χ4n) is 3.43. The molecular formula is C18H29Cl2N3O2. The largest absolute Gasteiger partial charge is 0.366 e. The number of halogens is 2. The van der Waals surface area contributed by atoms with Gasteiger partial charge in [-0.2, -0.15) is 0 Å². The maximum absolute atomic E-state index is 12.2. The van der Waals surface area contributed by atoms with Crippen LogP contribution in [0.25, 0.3) is 0 Å². The quantitative estimate of drug-likeness (QED) is 0.805. The molecule has 5 nitrogen and oxygen atoms in total. The Bertz CT molecular complexity index is 539. The Morgan fingerprint density at radius 2 is 2.12 bits per heavy atom. The molecule has 1 saturated heterocycles. The van der Waals surface area contributed by atoms with Gasteiger partial charge in [-0.05, 0) is 24.0 Å². The summed E-state index contributed by atoms with van der Waals surface area (Å²) in [6, 6.07) is 9.05. The second-order valence-corrected chi connectivity index (χ2v) is 6.36. The zero-order valence-electron chi connectivity index (χ0n) is 14.7. The van der Waals surface area contributed by atoms with Gasteiger partial charge in [0.2, 0.25) is 0 Å². The molecule has 0 aromatic heterocycles. The molecule has 0 bridgehead atoms. The maximum Gasteiger partial charge on any atom is 0.250 e. The number of carbonyl (C=O) groups is 1. The summed E-state index contributed by atoms with van der Waals surface area (Å²) >= 11 is 0. The SMILES string of the molecule is CCC(CNC(=O)C1CNCCO1)N1CCc2ccccc2C1.Cl.Cl. The molecule has 1 aromatic carbocycles. The highest BCUT2D eigenvalue weighted by atomic mass is 35.5. The number of nitrogens with one attached hydrogen (secondary N) is 2. The smallest absolute Gasteiger partial charge is 0.250 e. The summed E-state index contributed by atoms with van der Waals surface area (Å²) in [4.78, 5) is 14.7. The highest BCUT2D eigenvalue weighted by Gasteiger charge is 2.25. The summed E-state index contributed by atoms with van der Waals surface area (Å²) in [6.07, 6.45) is 1.78. The molecule has 2 aliphatic heterocycles. The molecule has 2 atom stereocenters. The van der Waals surface area contributed by atoms with Crippen molar-refractivity contribution in [3.8, 4) is 0 Å². The predicted octanol–water partition coefficient (Wildman–Crippen LogP) is 1.77. The van der Waals surface area contributed by atoms with Gasteiger partial charge in [-0.3, -0.25) is 9.69 Å². The highest BCUT2D eigenvalue weighted by Crippen LogP contribution is 2.21. The fourth-order valence-corrected chi connectivity index (χ4v) is 3.43. The number of ether oxygens (including phenoxy) is 1. The van der Waals surface area contributed by atoms with E-state index in [4.69, 9.17) is 4.74 Å². The summed E-state index contributed by atoms with van der Waals surface area (Å²) in [5.41, 5.74) is 2.88. The third-order valence-electron chi connectivity index (χ3n) is 4.88. The average molecular weight is 390 g/mol. The van der Waals surface area contributed by atoms with Crippen LogP contribution in [0, 0.1) is 0 Å². The molecule has 25 heavy (non-hydrogen) atoms. The lowest BCUT2D eigenvalue weighted by Gasteiger charge is -2.35. The lowest BCUT2D eigenvalue weighted by Crippen LogP contribution is -2.51. The number of carbonyl (C=O) groups excluding carboxylic acids is 1. The zero-order valence-corrected chi connectivity index (χ0v) is 16.3. The van der Waals surface area contributed by atoms with Crippen LogP contribution in [-0.2, 0) is 22.5 Å². The van der Waals surface area contributed by atoms with E-state index in [0.717, 1.165) is 32.5 Å². The van der Waals surface area contributed by atoms with Gasteiger partial charge in [-0.1, -0.05) is 31.2 Å². The van der Waals surface area contributed by atoms with Gasteiger partial charge in [0.15, 0.2) is 0 Å². The van der Waals surface area contributed by atoms with E-state index in [9.17, 15) is 4.79 Å². The van der Waals surface area contributed by atoms with Crippen molar-refractivity contribution < 1.29 is 9.53 Å². The summed E-state index contributed by atoms with van der Waals surface area (Å²) in [6.45, 7) is 6.97. The van der Waals surface area contributed by atoms with Crippen molar-refractivity contribution in [2.75, 3.05) is 32.8 Å². The Morgan fingerprint density at radius 1 is 1.36 bits per heavy atom. The van der Waals surface area contributed by atoms with Crippen molar-refractivity contribution >= 4 is 30.7 Å². The molecule has 1 aromatic rings. The molecule has 7 heteroatoms. The van der Waals surface area contributed by atoms with Crippen molar-refractivity contribution in [1.82, 2.24) is 15.5 Å². The Balaban J connectivity index is 0.00000156. The second-order valence-electron chi connectivity index (χ2n) is 6.36. The minimum Gasteiger partial charge on any atom is -0.366 e. The molecule has 2 aliphatic rings. The van der Waals surface area contributed by atoms with Crippen molar-refractivity contribution in [2.45, 2.75) is 38.5 Å². The molecule has 2 unspecified atom stereocenters. The van der Waals surface area contributed by atoms with E-state index in [2.05, 4.69) is 46.7 Å². The number of morpholine rings is 1. The number of amides is 1. The van der Waals surface area contributed by atoms with Crippen LogP contribution >= 0.6 is 24.8 Å². The molecule has 0 saturated carbocycles. The number of rotatable bonds is 5. The molecule has 1 amide bonds. The molecule has 2 heterocycles. The first-order valence-electron chi connectivity index (χ1n) is 8.68. The van der Waals surface area contributed by atoms with Crippen LogP contribution in [0.2, 0.25) is 0 Å². The van der Waals surface area contributed by atoms with Crippen molar-refractivity contribution in [1.29, 1.82) is 0 Å². The lowest BCUT2D eigenvalue weighted by atomic mass is 9.98. The minimum atomic E-state index is -0.344. The monoisotopic (exact) mass is 389 g/mol. The molecule has 142 valence electrons. The van der Waals surface area contributed by atoms with E-state index < -0.39 is 0 Å². The second kappa shape index (κ2) is 11.0. The van der Waals surface area contributed by atoms with Crippen LogP contribution in [0.3, 0.4) is 0 Å². The van der Waals surface area contributed by atoms with Crippen LogP contribution in [0.5, 0.6) is 0 Å². The van der Waals surface area contributed by atoms with E-state index in [1.54, 1.807) is 0 Å². The van der Waals surface area contributed by atoms with Gasteiger partial charge >= 0.3 is 0 Å². The van der Waals surface area contributed by atoms with Gasteiger partial charge in [0.25, 0.3) is 5.91 Å². The maximum atomic E-state index is 12.2. The number of benzene rings is 1. The Hall–Kier alpha value is -0.850. The molecule has 0 radical (unpaired) electrons. The molecule has 0 spiro atoms. The van der Waals surface area contributed by atoms with Gasteiger partial charge in [-0.15, -0.1) is 24.8 Å². The summed E-state index contributed by atoms with van der Waals surface area (Å²) in [5.74, 6) is 0.00746. The third kappa shape index (κ3) is 5.83. The normalized spacial score (nSPS) is 21.2. The Morgan fingerprint density at radius 3 is 2.80 bits per heavy atom. The molecule has 1 fully saturated rings. The van der Waals surface area contributed by atoms with E-state index in [0.29, 0.717) is 25.7 Å². The summed E-state index contributed by atoms with van der Waals surface area (Å²) in [5, 5.41) is 6.27. The van der Waals surface area contributed by atoms with Gasteiger partial charge in [0, 0.05) is 38.8 Å². The standard InChI is InChI=1S/C18H27N3O2.2ClH/c1-2-16(11-20-18(22)17-12-19-8-10-23-17)21-9-7-14-5-3-4-6-15(14)13-21;;/h3-6,16-17,19H,2,7-13H2,1H3,(H,20,22);2*1H. The number of hydrogen-bond acceptors (Lipinski definition) is 4. The first-order chi connectivity index (χ1) is 11.3.